The van der Waals surface area contributed by atoms with Gasteiger partial charge in [0.25, 0.3) is 0 Å². The summed E-state index contributed by atoms with van der Waals surface area (Å²) in [6, 6.07) is 0. The van der Waals surface area contributed by atoms with Crippen LogP contribution >= 0.6 is 0 Å². The topological polar surface area (TPSA) is 29.3 Å². The summed E-state index contributed by atoms with van der Waals surface area (Å²) in [6.45, 7) is 10.6. The van der Waals surface area contributed by atoms with Crippen molar-refractivity contribution in [3.05, 3.63) is 0 Å². The van der Waals surface area contributed by atoms with Crippen LogP contribution < -0.4 is 5.73 Å². The lowest BCUT2D eigenvalue weighted by molar-refractivity contribution is 0.107. The molecule has 0 aromatic rings. The van der Waals surface area contributed by atoms with E-state index < -0.39 is 0 Å². The van der Waals surface area contributed by atoms with Gasteiger partial charge in [-0.05, 0) is 57.0 Å². The van der Waals surface area contributed by atoms with Gasteiger partial charge in [-0.2, -0.15) is 0 Å². The summed E-state index contributed by atoms with van der Waals surface area (Å²) in [5, 5.41) is 0. The highest BCUT2D eigenvalue weighted by Crippen LogP contribution is 2.39. The molecule has 2 N–H and O–H groups in total. The molecule has 2 nitrogen and oxygen atoms in total. The number of likely N-dealkylation sites (tertiary alicyclic amines) is 1. The molecule has 1 aliphatic carbocycles. The molecule has 0 radical (unpaired) electrons. The van der Waals surface area contributed by atoms with E-state index in [1.807, 2.05) is 0 Å². The summed E-state index contributed by atoms with van der Waals surface area (Å²) in [7, 11) is 0. The first kappa shape index (κ1) is 11.4. The number of nitrogens with zero attached hydrogens (tertiary/aromatic N) is 1. The largest absolute Gasteiger partial charge is 0.324 e. The molecule has 2 aliphatic rings. The van der Waals surface area contributed by atoms with Crippen molar-refractivity contribution in [2.45, 2.75) is 52.0 Å². The fourth-order valence-corrected chi connectivity index (χ4v) is 2.67. The molecule has 1 atom stereocenters. The van der Waals surface area contributed by atoms with Crippen molar-refractivity contribution in [2.24, 2.45) is 17.1 Å². The average Bonchev–Trinajstić information content (AvgIpc) is 2.91. The smallest absolute Gasteiger partial charge is 0.0283 e. The molecular formula is C13H26N2. The summed E-state index contributed by atoms with van der Waals surface area (Å²) < 4.78 is 0. The van der Waals surface area contributed by atoms with E-state index in [-0.39, 0.29) is 5.54 Å². The molecular weight excluding hydrogens is 184 g/mol. The van der Waals surface area contributed by atoms with E-state index in [0.29, 0.717) is 5.41 Å². The number of hydrogen-bond acceptors (Lipinski definition) is 2. The molecule has 0 bridgehead atoms. The predicted molar refractivity (Wildman–Crippen MR) is 64.8 cm³/mol. The van der Waals surface area contributed by atoms with Crippen molar-refractivity contribution >= 4 is 0 Å². The second-order valence-electron chi connectivity index (χ2n) is 6.72. The molecule has 2 fully saturated rings. The number of nitrogens with two attached hydrogens (primary N) is 1. The van der Waals surface area contributed by atoms with Crippen LogP contribution in [0.5, 0.6) is 0 Å². The first-order valence-electron chi connectivity index (χ1n) is 6.40. The molecule has 1 heterocycles. The van der Waals surface area contributed by atoms with Gasteiger partial charge in [0, 0.05) is 12.1 Å². The highest BCUT2D eigenvalue weighted by atomic mass is 15.2. The standard InChI is InChI=1S/C13H26N2/c1-12(2)6-8-15(9-7-12)10-13(3,14)11-4-5-11/h11H,4-10,14H2,1-3H3. The van der Waals surface area contributed by atoms with Crippen LogP contribution in [0.25, 0.3) is 0 Å². The number of piperidine rings is 1. The summed E-state index contributed by atoms with van der Waals surface area (Å²) in [4.78, 5) is 2.57. The molecule has 1 saturated carbocycles. The maximum Gasteiger partial charge on any atom is 0.0283 e. The van der Waals surface area contributed by atoms with E-state index >= 15 is 0 Å². The van der Waals surface area contributed by atoms with E-state index in [1.165, 1.54) is 38.8 Å². The average molecular weight is 210 g/mol. The molecule has 1 saturated heterocycles. The zero-order valence-electron chi connectivity index (χ0n) is 10.6. The molecule has 0 aromatic carbocycles. The normalized spacial score (nSPS) is 31.2. The Balaban J connectivity index is 1.81. The molecule has 1 aliphatic heterocycles. The predicted octanol–water partition coefficient (Wildman–Crippen LogP) is 2.24. The van der Waals surface area contributed by atoms with Gasteiger partial charge in [0.2, 0.25) is 0 Å². The van der Waals surface area contributed by atoms with Crippen molar-refractivity contribution in [1.29, 1.82) is 0 Å². The Kier molecular flexibility index (Phi) is 2.85. The molecule has 88 valence electrons. The highest BCUT2D eigenvalue weighted by molar-refractivity contribution is 4.98. The van der Waals surface area contributed by atoms with Crippen molar-refractivity contribution < 1.29 is 0 Å². The minimum atomic E-state index is 0.0709. The monoisotopic (exact) mass is 210 g/mol. The van der Waals surface area contributed by atoms with Gasteiger partial charge in [0.1, 0.15) is 0 Å². The lowest BCUT2D eigenvalue weighted by atomic mass is 9.82. The fraction of sp³-hybridized carbons (Fsp3) is 1.00. The van der Waals surface area contributed by atoms with Gasteiger partial charge >= 0.3 is 0 Å². The third-order valence-electron chi connectivity index (χ3n) is 4.28. The third-order valence-corrected chi connectivity index (χ3v) is 4.28. The van der Waals surface area contributed by atoms with Crippen LogP contribution in [0.1, 0.15) is 46.5 Å². The van der Waals surface area contributed by atoms with Crippen LogP contribution in [0.2, 0.25) is 0 Å². The summed E-state index contributed by atoms with van der Waals surface area (Å²) in [6.07, 6.45) is 5.36. The molecule has 0 spiro atoms. The first-order chi connectivity index (χ1) is 6.89. The molecule has 2 rings (SSSR count). The Morgan fingerprint density at radius 2 is 1.80 bits per heavy atom. The lowest BCUT2D eigenvalue weighted by Crippen LogP contribution is -2.52. The summed E-state index contributed by atoms with van der Waals surface area (Å²) in [5.74, 6) is 0.799. The molecule has 0 aromatic heterocycles. The lowest BCUT2D eigenvalue weighted by Gasteiger charge is -2.40. The van der Waals surface area contributed by atoms with Crippen molar-refractivity contribution in [3.63, 3.8) is 0 Å². The third kappa shape index (κ3) is 2.94. The SMILES string of the molecule is CC1(C)CCN(CC(C)(N)C2CC2)CC1. The molecule has 15 heavy (non-hydrogen) atoms. The van der Waals surface area contributed by atoms with Gasteiger partial charge in [0.15, 0.2) is 0 Å². The van der Waals surface area contributed by atoms with Crippen LogP contribution in [0, 0.1) is 11.3 Å². The highest BCUT2D eigenvalue weighted by Gasteiger charge is 2.40. The second kappa shape index (κ2) is 3.74. The summed E-state index contributed by atoms with van der Waals surface area (Å²) >= 11 is 0. The van der Waals surface area contributed by atoms with Crippen LogP contribution in [0.15, 0.2) is 0 Å². The van der Waals surface area contributed by atoms with Crippen LogP contribution in [-0.2, 0) is 0 Å². The van der Waals surface area contributed by atoms with E-state index in [2.05, 4.69) is 25.7 Å². The Morgan fingerprint density at radius 3 is 2.27 bits per heavy atom. The first-order valence-corrected chi connectivity index (χ1v) is 6.40. The Morgan fingerprint density at radius 1 is 1.27 bits per heavy atom. The van der Waals surface area contributed by atoms with Gasteiger partial charge in [-0.15, -0.1) is 0 Å². The Labute approximate surface area is 94.2 Å². The van der Waals surface area contributed by atoms with Gasteiger partial charge in [-0.1, -0.05) is 13.8 Å². The zero-order valence-corrected chi connectivity index (χ0v) is 10.6. The van der Waals surface area contributed by atoms with E-state index in [4.69, 9.17) is 5.73 Å². The van der Waals surface area contributed by atoms with Gasteiger partial charge < -0.3 is 10.6 Å². The van der Waals surface area contributed by atoms with Crippen LogP contribution in [0.4, 0.5) is 0 Å². The van der Waals surface area contributed by atoms with Crippen molar-refractivity contribution in [2.75, 3.05) is 19.6 Å². The van der Waals surface area contributed by atoms with Gasteiger partial charge in [-0.3, -0.25) is 0 Å². The van der Waals surface area contributed by atoms with Gasteiger partial charge in [-0.25, -0.2) is 0 Å². The van der Waals surface area contributed by atoms with Crippen molar-refractivity contribution in [3.8, 4) is 0 Å². The molecule has 0 amide bonds. The minimum absolute atomic E-state index is 0.0709. The van der Waals surface area contributed by atoms with E-state index in [9.17, 15) is 0 Å². The van der Waals surface area contributed by atoms with Crippen LogP contribution in [0.3, 0.4) is 0 Å². The van der Waals surface area contributed by atoms with Crippen LogP contribution in [-0.4, -0.2) is 30.1 Å². The van der Waals surface area contributed by atoms with Gasteiger partial charge in [0.05, 0.1) is 0 Å². The molecule has 2 heteroatoms. The van der Waals surface area contributed by atoms with E-state index in [0.717, 1.165) is 12.5 Å². The quantitative estimate of drug-likeness (QED) is 0.774. The van der Waals surface area contributed by atoms with E-state index in [1.54, 1.807) is 0 Å². The number of rotatable bonds is 3. The van der Waals surface area contributed by atoms with Crippen molar-refractivity contribution in [1.82, 2.24) is 4.90 Å². The number of hydrogen-bond donors (Lipinski definition) is 1. The Hall–Kier alpha value is -0.0800. The molecule has 1 unspecified atom stereocenters. The fourth-order valence-electron chi connectivity index (χ4n) is 2.67. The minimum Gasteiger partial charge on any atom is -0.324 e. The second-order valence-corrected chi connectivity index (χ2v) is 6.72. The Bertz CT molecular complexity index is 219. The zero-order chi connectivity index (χ0) is 11.1. The maximum absolute atomic E-state index is 6.38. The summed E-state index contributed by atoms with van der Waals surface area (Å²) in [5.41, 5.74) is 7.01. The maximum atomic E-state index is 6.38.